The average molecular weight is 231 g/mol. The predicted molar refractivity (Wildman–Crippen MR) is 54.5 cm³/mol. The van der Waals surface area contributed by atoms with Gasteiger partial charge in [0.2, 0.25) is 5.91 Å². The second-order valence-electron chi connectivity index (χ2n) is 3.80. The van der Waals surface area contributed by atoms with Crippen molar-refractivity contribution in [2.75, 3.05) is 21.3 Å². The van der Waals surface area contributed by atoms with E-state index in [2.05, 4.69) is 10.1 Å². The first kappa shape index (κ1) is 12.9. The van der Waals surface area contributed by atoms with Gasteiger partial charge in [0.1, 0.15) is 5.92 Å². The number of β-lactam (4-membered cyclic amide) rings is 1. The van der Waals surface area contributed by atoms with Crippen molar-refractivity contribution in [1.82, 2.24) is 5.32 Å². The van der Waals surface area contributed by atoms with Crippen molar-refractivity contribution in [2.24, 2.45) is 5.92 Å². The molecule has 0 aliphatic carbocycles. The summed E-state index contributed by atoms with van der Waals surface area (Å²) in [5.41, 5.74) is 0. The van der Waals surface area contributed by atoms with Crippen LogP contribution in [0.5, 0.6) is 0 Å². The van der Waals surface area contributed by atoms with Crippen molar-refractivity contribution in [2.45, 2.75) is 25.2 Å². The first-order valence-electron chi connectivity index (χ1n) is 4.96. The van der Waals surface area contributed by atoms with Crippen LogP contribution < -0.4 is 5.32 Å². The lowest BCUT2D eigenvalue weighted by Gasteiger charge is -2.45. The molecule has 1 rings (SSSR count). The van der Waals surface area contributed by atoms with E-state index in [1.807, 2.05) is 0 Å². The first-order chi connectivity index (χ1) is 7.48. The summed E-state index contributed by atoms with van der Waals surface area (Å²) in [4.78, 5) is 22.6. The van der Waals surface area contributed by atoms with Gasteiger partial charge in [0.25, 0.3) is 0 Å². The van der Waals surface area contributed by atoms with Crippen LogP contribution in [0.1, 0.15) is 13.3 Å². The number of esters is 1. The van der Waals surface area contributed by atoms with E-state index in [9.17, 15) is 9.59 Å². The van der Waals surface area contributed by atoms with Gasteiger partial charge in [-0.05, 0) is 6.92 Å². The third-order valence-electron chi connectivity index (χ3n) is 3.00. The first-order valence-corrected chi connectivity index (χ1v) is 4.96. The van der Waals surface area contributed by atoms with E-state index in [1.54, 1.807) is 6.92 Å². The minimum Gasteiger partial charge on any atom is -0.469 e. The molecule has 1 saturated heterocycles. The molecule has 1 aliphatic heterocycles. The number of carbonyl (C=O) groups is 2. The molecule has 0 aromatic rings. The molecule has 6 nitrogen and oxygen atoms in total. The Hall–Kier alpha value is -1.14. The molecular formula is C10H17NO5. The van der Waals surface area contributed by atoms with E-state index in [4.69, 9.17) is 9.47 Å². The van der Waals surface area contributed by atoms with Crippen LogP contribution >= 0.6 is 0 Å². The number of nitrogens with one attached hydrogen (secondary N) is 1. The highest BCUT2D eigenvalue weighted by molar-refractivity contribution is 5.88. The molecule has 1 amide bonds. The maximum absolute atomic E-state index is 11.5. The minimum atomic E-state index is -1.01. The van der Waals surface area contributed by atoms with Crippen molar-refractivity contribution in [3.63, 3.8) is 0 Å². The smallest absolute Gasteiger partial charge is 0.307 e. The van der Waals surface area contributed by atoms with Gasteiger partial charge in [-0.2, -0.15) is 0 Å². The highest BCUT2D eigenvalue weighted by atomic mass is 16.7. The molecule has 92 valence electrons. The van der Waals surface area contributed by atoms with E-state index in [-0.39, 0.29) is 24.3 Å². The van der Waals surface area contributed by atoms with Gasteiger partial charge in [0.15, 0.2) is 5.79 Å². The average Bonchev–Trinajstić information content (AvgIpc) is 2.27. The standard InChI is InChI=1S/C10H17NO5/c1-10(15-3,16-4)8-6(11-9(8)13)5-7(12)14-2/h6,8H,5H2,1-4H3,(H,11,13)/t6-,8-/m0/s1. The Morgan fingerprint density at radius 2 is 1.94 bits per heavy atom. The summed E-state index contributed by atoms with van der Waals surface area (Å²) in [7, 11) is 4.23. The van der Waals surface area contributed by atoms with Gasteiger partial charge in [-0.1, -0.05) is 0 Å². The second kappa shape index (κ2) is 4.80. The van der Waals surface area contributed by atoms with Crippen molar-refractivity contribution < 1.29 is 23.8 Å². The van der Waals surface area contributed by atoms with E-state index in [1.165, 1.54) is 21.3 Å². The normalized spacial score (nSPS) is 24.6. The van der Waals surface area contributed by atoms with Crippen LogP contribution in [0.4, 0.5) is 0 Å². The molecule has 0 spiro atoms. The van der Waals surface area contributed by atoms with Crippen LogP contribution in [0.2, 0.25) is 0 Å². The lowest BCUT2D eigenvalue weighted by Crippen LogP contribution is -2.67. The quantitative estimate of drug-likeness (QED) is 0.398. The van der Waals surface area contributed by atoms with Crippen molar-refractivity contribution in [1.29, 1.82) is 0 Å². The number of rotatable bonds is 5. The SMILES string of the molecule is COC(=O)C[C@@H]1NC(=O)[C@H]1C(C)(OC)OC. The predicted octanol–water partition coefficient (Wildman–Crippen LogP) is -0.327. The molecule has 0 bridgehead atoms. The molecule has 0 aromatic carbocycles. The van der Waals surface area contributed by atoms with Crippen molar-refractivity contribution in [3.8, 4) is 0 Å². The van der Waals surface area contributed by atoms with Gasteiger partial charge in [0.05, 0.1) is 19.6 Å². The Bertz CT molecular complexity index is 287. The Morgan fingerprint density at radius 1 is 1.38 bits per heavy atom. The maximum atomic E-state index is 11.5. The Labute approximate surface area is 94.2 Å². The van der Waals surface area contributed by atoms with Gasteiger partial charge >= 0.3 is 5.97 Å². The van der Waals surface area contributed by atoms with E-state index < -0.39 is 11.7 Å². The zero-order valence-electron chi connectivity index (χ0n) is 9.90. The summed E-state index contributed by atoms with van der Waals surface area (Å²) in [5, 5.41) is 2.63. The molecular weight excluding hydrogens is 214 g/mol. The molecule has 2 atom stereocenters. The zero-order valence-corrected chi connectivity index (χ0v) is 9.90. The molecule has 16 heavy (non-hydrogen) atoms. The molecule has 0 unspecified atom stereocenters. The van der Waals surface area contributed by atoms with Gasteiger partial charge in [0, 0.05) is 14.2 Å². The van der Waals surface area contributed by atoms with Gasteiger partial charge in [-0.15, -0.1) is 0 Å². The summed E-state index contributed by atoms with van der Waals surface area (Å²) in [5.74, 6) is -2.06. The van der Waals surface area contributed by atoms with Crippen molar-refractivity contribution in [3.05, 3.63) is 0 Å². The summed E-state index contributed by atoms with van der Waals surface area (Å²) in [6, 6.07) is -0.301. The topological polar surface area (TPSA) is 73.9 Å². The largest absolute Gasteiger partial charge is 0.469 e. The Balaban J connectivity index is 2.70. The fourth-order valence-electron chi connectivity index (χ4n) is 1.81. The summed E-state index contributed by atoms with van der Waals surface area (Å²) in [6.07, 6.45) is 0.120. The highest BCUT2D eigenvalue weighted by Crippen LogP contribution is 2.32. The van der Waals surface area contributed by atoms with Crippen LogP contribution in [0, 0.1) is 5.92 Å². The van der Waals surface area contributed by atoms with E-state index >= 15 is 0 Å². The number of methoxy groups -OCH3 is 3. The van der Waals surface area contributed by atoms with E-state index in [0.29, 0.717) is 0 Å². The third-order valence-corrected chi connectivity index (χ3v) is 3.00. The Morgan fingerprint density at radius 3 is 2.31 bits per heavy atom. The number of ether oxygens (including phenoxy) is 3. The number of hydrogen-bond acceptors (Lipinski definition) is 5. The van der Waals surface area contributed by atoms with Crippen LogP contribution in [0.3, 0.4) is 0 Å². The lowest BCUT2D eigenvalue weighted by molar-refractivity contribution is -0.241. The van der Waals surface area contributed by atoms with Gasteiger partial charge in [-0.3, -0.25) is 9.59 Å². The molecule has 1 aliphatic rings. The lowest BCUT2D eigenvalue weighted by atomic mass is 9.81. The second-order valence-corrected chi connectivity index (χ2v) is 3.80. The fourth-order valence-corrected chi connectivity index (χ4v) is 1.81. The molecule has 0 saturated carbocycles. The fraction of sp³-hybridized carbons (Fsp3) is 0.800. The van der Waals surface area contributed by atoms with Gasteiger partial charge < -0.3 is 19.5 Å². The molecule has 6 heteroatoms. The van der Waals surface area contributed by atoms with Crippen LogP contribution in [-0.4, -0.2) is 45.0 Å². The van der Waals surface area contributed by atoms with Crippen LogP contribution in [-0.2, 0) is 23.8 Å². The monoisotopic (exact) mass is 231 g/mol. The Kier molecular flexibility index (Phi) is 3.88. The van der Waals surface area contributed by atoms with Crippen LogP contribution in [0.15, 0.2) is 0 Å². The highest BCUT2D eigenvalue weighted by Gasteiger charge is 2.52. The summed E-state index contributed by atoms with van der Waals surface area (Å²) in [6.45, 7) is 1.67. The molecule has 0 radical (unpaired) electrons. The number of amides is 1. The third kappa shape index (κ3) is 2.17. The number of carbonyl (C=O) groups excluding carboxylic acids is 2. The molecule has 1 fully saturated rings. The maximum Gasteiger partial charge on any atom is 0.307 e. The summed E-state index contributed by atoms with van der Waals surface area (Å²) >= 11 is 0. The molecule has 1 heterocycles. The van der Waals surface area contributed by atoms with Crippen molar-refractivity contribution >= 4 is 11.9 Å². The van der Waals surface area contributed by atoms with E-state index in [0.717, 1.165) is 0 Å². The van der Waals surface area contributed by atoms with Crippen LogP contribution in [0.25, 0.3) is 0 Å². The summed E-state index contributed by atoms with van der Waals surface area (Å²) < 4.78 is 14.9. The molecule has 1 N–H and O–H groups in total. The number of hydrogen-bond donors (Lipinski definition) is 1. The van der Waals surface area contributed by atoms with Gasteiger partial charge in [-0.25, -0.2) is 0 Å². The zero-order chi connectivity index (χ0) is 12.3. The minimum absolute atomic E-state index is 0.120. The molecule has 0 aromatic heterocycles.